The Hall–Kier alpha value is -1.06. The van der Waals surface area contributed by atoms with Crippen LogP contribution < -0.4 is 5.69 Å². The second-order valence-corrected chi connectivity index (χ2v) is 1.26. The van der Waals surface area contributed by atoms with Gasteiger partial charge in [-0.2, -0.15) is 5.10 Å². The molecule has 1 aromatic rings. The number of rotatable bonds is 0. The summed E-state index contributed by atoms with van der Waals surface area (Å²) in [4.78, 5) is 12.5. The van der Waals surface area contributed by atoms with E-state index in [2.05, 4.69) is 15.2 Å². The van der Waals surface area contributed by atoms with Crippen LogP contribution in [0.1, 0.15) is 7.25 Å². The molecule has 0 saturated heterocycles. The predicted molar refractivity (Wildman–Crippen MR) is 26.1 cm³/mol. The Bertz CT molecular complexity index is 202. The maximum Gasteiger partial charge on any atom is 0.340 e. The Morgan fingerprint density at radius 1 is 1.86 bits per heavy atom. The lowest BCUT2D eigenvalue weighted by Crippen LogP contribution is -2.00. The van der Waals surface area contributed by atoms with Crippen LogP contribution >= 0.6 is 0 Å². The molecule has 0 atom stereocenters. The first kappa shape index (κ1) is 4.11. The molecule has 0 radical (unpaired) electrons. The van der Waals surface area contributed by atoms with Gasteiger partial charge in [0.2, 0.25) is 0 Å². The SMILES string of the molecule is Cc1n[nH]c(=O)[nH]1.[HH]. The van der Waals surface area contributed by atoms with Gasteiger partial charge in [0.05, 0.1) is 0 Å². The predicted octanol–water partition coefficient (Wildman–Crippen LogP) is -0.348. The van der Waals surface area contributed by atoms with Gasteiger partial charge < -0.3 is 0 Å². The molecule has 0 aromatic carbocycles. The summed E-state index contributed by atoms with van der Waals surface area (Å²) in [6.45, 7) is 1.71. The highest BCUT2D eigenvalue weighted by Gasteiger charge is 1.82. The molecule has 0 spiro atoms. The molecule has 7 heavy (non-hydrogen) atoms. The number of aryl methyl sites for hydroxylation is 1. The van der Waals surface area contributed by atoms with E-state index in [4.69, 9.17) is 0 Å². The minimum absolute atomic E-state index is 0. The Labute approximate surface area is 41.1 Å². The van der Waals surface area contributed by atoms with Gasteiger partial charge in [0.1, 0.15) is 5.82 Å². The molecular formula is C3H7N3O. The number of aromatic amines is 2. The van der Waals surface area contributed by atoms with Gasteiger partial charge in [-0.15, -0.1) is 0 Å². The van der Waals surface area contributed by atoms with Crippen LogP contribution in [0.25, 0.3) is 0 Å². The molecule has 40 valence electrons. The van der Waals surface area contributed by atoms with E-state index in [9.17, 15) is 4.79 Å². The molecule has 4 nitrogen and oxygen atoms in total. The summed E-state index contributed by atoms with van der Waals surface area (Å²) in [6, 6.07) is 0. The lowest BCUT2D eigenvalue weighted by Gasteiger charge is -1.65. The number of H-pyrrole nitrogens is 2. The van der Waals surface area contributed by atoms with Crippen LogP contribution in [0.5, 0.6) is 0 Å². The van der Waals surface area contributed by atoms with Gasteiger partial charge in [-0.1, -0.05) is 0 Å². The zero-order valence-corrected chi connectivity index (χ0v) is 3.86. The molecule has 0 saturated carbocycles. The molecule has 4 heteroatoms. The van der Waals surface area contributed by atoms with Crippen LogP contribution in [0.2, 0.25) is 0 Å². The lowest BCUT2D eigenvalue weighted by molar-refractivity contribution is 1.02. The van der Waals surface area contributed by atoms with Crippen molar-refractivity contribution in [3.63, 3.8) is 0 Å². The number of nitrogens with one attached hydrogen (secondary N) is 2. The topological polar surface area (TPSA) is 61.5 Å². The normalized spacial score (nSPS) is 9.29. The molecule has 0 amide bonds. The zero-order valence-electron chi connectivity index (χ0n) is 3.86. The summed E-state index contributed by atoms with van der Waals surface area (Å²) in [7, 11) is 0. The quantitative estimate of drug-likeness (QED) is 0.469. The number of aromatic nitrogens is 3. The smallest absolute Gasteiger partial charge is 0.293 e. The first-order valence-corrected chi connectivity index (χ1v) is 1.90. The maximum absolute atomic E-state index is 10.1. The van der Waals surface area contributed by atoms with Crippen molar-refractivity contribution >= 4 is 0 Å². The third-order valence-corrected chi connectivity index (χ3v) is 0.620. The lowest BCUT2D eigenvalue weighted by atomic mass is 10.8. The first-order chi connectivity index (χ1) is 3.29. The molecule has 0 aliphatic rings. The molecular weight excluding hydrogens is 94.1 g/mol. The molecule has 0 bridgehead atoms. The van der Waals surface area contributed by atoms with Crippen LogP contribution in [-0.4, -0.2) is 15.2 Å². The van der Waals surface area contributed by atoms with E-state index in [1.165, 1.54) is 0 Å². The van der Waals surface area contributed by atoms with E-state index in [0.717, 1.165) is 0 Å². The van der Waals surface area contributed by atoms with Crippen LogP contribution in [0.4, 0.5) is 0 Å². The Balaban J connectivity index is 0.000000490. The number of hydrogen-bond acceptors (Lipinski definition) is 2. The van der Waals surface area contributed by atoms with Crippen molar-refractivity contribution in [2.45, 2.75) is 6.92 Å². The average molecular weight is 101 g/mol. The minimum atomic E-state index is -0.252. The molecule has 0 fully saturated rings. The van der Waals surface area contributed by atoms with Crippen molar-refractivity contribution < 1.29 is 1.43 Å². The van der Waals surface area contributed by atoms with Crippen LogP contribution in [0, 0.1) is 6.92 Å². The fourth-order valence-electron chi connectivity index (χ4n) is 0.355. The second-order valence-electron chi connectivity index (χ2n) is 1.26. The number of hydrogen-bond donors (Lipinski definition) is 2. The monoisotopic (exact) mass is 101 g/mol. The molecule has 0 unspecified atom stereocenters. The molecule has 1 aromatic heterocycles. The highest BCUT2D eigenvalue weighted by Crippen LogP contribution is 1.68. The van der Waals surface area contributed by atoms with Gasteiger partial charge >= 0.3 is 5.69 Å². The van der Waals surface area contributed by atoms with Crippen molar-refractivity contribution in [2.24, 2.45) is 0 Å². The van der Waals surface area contributed by atoms with Gasteiger partial charge in [-0.25, -0.2) is 9.89 Å². The Morgan fingerprint density at radius 2 is 2.57 bits per heavy atom. The van der Waals surface area contributed by atoms with Crippen LogP contribution in [-0.2, 0) is 0 Å². The van der Waals surface area contributed by atoms with Crippen LogP contribution in [0.15, 0.2) is 4.79 Å². The first-order valence-electron chi connectivity index (χ1n) is 1.90. The summed E-state index contributed by atoms with van der Waals surface area (Å²) in [5, 5.41) is 5.73. The summed E-state index contributed by atoms with van der Waals surface area (Å²) in [5.74, 6) is 0.616. The average Bonchev–Trinajstić information content (AvgIpc) is 1.87. The van der Waals surface area contributed by atoms with E-state index in [0.29, 0.717) is 5.82 Å². The fraction of sp³-hybridized carbons (Fsp3) is 0.333. The van der Waals surface area contributed by atoms with Gasteiger partial charge in [0.25, 0.3) is 0 Å². The molecule has 0 aliphatic heterocycles. The van der Waals surface area contributed by atoms with E-state index in [1.807, 2.05) is 0 Å². The molecule has 2 N–H and O–H groups in total. The highest BCUT2D eigenvalue weighted by molar-refractivity contribution is 4.71. The van der Waals surface area contributed by atoms with E-state index >= 15 is 0 Å². The van der Waals surface area contributed by atoms with Crippen molar-refractivity contribution in [3.8, 4) is 0 Å². The summed E-state index contributed by atoms with van der Waals surface area (Å²) < 4.78 is 0. The van der Waals surface area contributed by atoms with E-state index in [-0.39, 0.29) is 7.12 Å². The van der Waals surface area contributed by atoms with Gasteiger partial charge in [0, 0.05) is 1.43 Å². The van der Waals surface area contributed by atoms with Crippen molar-refractivity contribution in [1.82, 2.24) is 15.2 Å². The fourth-order valence-corrected chi connectivity index (χ4v) is 0.355. The van der Waals surface area contributed by atoms with E-state index in [1.54, 1.807) is 6.92 Å². The van der Waals surface area contributed by atoms with E-state index < -0.39 is 0 Å². The van der Waals surface area contributed by atoms with Crippen molar-refractivity contribution in [2.75, 3.05) is 0 Å². The van der Waals surface area contributed by atoms with Crippen molar-refractivity contribution in [1.29, 1.82) is 0 Å². The second kappa shape index (κ2) is 1.22. The Kier molecular flexibility index (Phi) is 0.714. The van der Waals surface area contributed by atoms with Gasteiger partial charge in [-0.05, 0) is 6.92 Å². The van der Waals surface area contributed by atoms with Crippen LogP contribution in [0.3, 0.4) is 0 Å². The Morgan fingerprint density at radius 3 is 2.71 bits per heavy atom. The molecule has 1 rings (SSSR count). The van der Waals surface area contributed by atoms with Gasteiger partial charge in [0.15, 0.2) is 0 Å². The van der Waals surface area contributed by atoms with Crippen molar-refractivity contribution in [3.05, 3.63) is 16.3 Å². The minimum Gasteiger partial charge on any atom is -0.293 e. The summed E-state index contributed by atoms with van der Waals surface area (Å²) >= 11 is 0. The maximum atomic E-state index is 10.1. The third-order valence-electron chi connectivity index (χ3n) is 0.620. The number of nitrogens with zero attached hydrogens (tertiary/aromatic N) is 1. The molecule has 0 aliphatic carbocycles. The zero-order chi connectivity index (χ0) is 5.28. The van der Waals surface area contributed by atoms with Gasteiger partial charge in [-0.3, -0.25) is 4.98 Å². The molecule has 1 heterocycles. The third kappa shape index (κ3) is 0.677. The summed E-state index contributed by atoms with van der Waals surface area (Å²) in [6.07, 6.45) is 0. The standard InChI is InChI=1S/C3H5N3O.H2/c1-2-4-3(7)6-5-2;/h1H3,(H2,4,5,6,7);1H. The largest absolute Gasteiger partial charge is 0.340 e. The summed E-state index contributed by atoms with van der Waals surface area (Å²) in [5.41, 5.74) is -0.252. The highest BCUT2D eigenvalue weighted by atomic mass is 16.1.